The van der Waals surface area contributed by atoms with Gasteiger partial charge in [0, 0.05) is 26.3 Å². The Hall–Kier alpha value is -1.86. The second-order valence-electron chi connectivity index (χ2n) is 6.98. The van der Waals surface area contributed by atoms with Crippen molar-refractivity contribution in [2.24, 2.45) is 0 Å². The van der Waals surface area contributed by atoms with Crippen molar-refractivity contribution in [1.82, 2.24) is 19.9 Å². The SMILES string of the molecule is CN(C(=O)OC(C)(C)C)C1CN(c2nc3ncc(Cl)cc3nc2Cl)C1. The number of hydrogen-bond acceptors (Lipinski definition) is 6. The number of rotatable bonds is 2. The summed E-state index contributed by atoms with van der Waals surface area (Å²) < 4.78 is 5.38. The number of hydrogen-bond donors (Lipinski definition) is 0. The van der Waals surface area contributed by atoms with Crippen LogP contribution < -0.4 is 4.90 Å². The van der Waals surface area contributed by atoms with Gasteiger partial charge >= 0.3 is 6.09 Å². The largest absolute Gasteiger partial charge is 0.444 e. The summed E-state index contributed by atoms with van der Waals surface area (Å²) in [5, 5.41) is 0.767. The molecular formula is C16H19Cl2N5O2. The van der Waals surface area contributed by atoms with Crippen molar-refractivity contribution >= 4 is 46.3 Å². The van der Waals surface area contributed by atoms with Crippen molar-refractivity contribution < 1.29 is 9.53 Å². The fraction of sp³-hybridized carbons (Fsp3) is 0.500. The van der Waals surface area contributed by atoms with Crippen LogP contribution >= 0.6 is 23.2 Å². The number of ether oxygens (including phenoxy) is 1. The highest BCUT2D eigenvalue weighted by molar-refractivity contribution is 6.32. The number of halogens is 2. The second-order valence-corrected chi connectivity index (χ2v) is 7.78. The normalized spacial score (nSPS) is 15.2. The van der Waals surface area contributed by atoms with E-state index in [4.69, 9.17) is 27.9 Å². The summed E-state index contributed by atoms with van der Waals surface area (Å²) in [5.41, 5.74) is 0.506. The molecule has 25 heavy (non-hydrogen) atoms. The van der Waals surface area contributed by atoms with E-state index in [0.29, 0.717) is 35.1 Å². The molecule has 134 valence electrons. The standard InChI is InChI=1S/C16H19Cl2N5O2/c1-16(2,3)25-15(24)22(4)10-7-23(8-10)14-12(18)20-11-5-9(17)6-19-13(11)21-14/h5-6,10H,7-8H2,1-4H3. The highest BCUT2D eigenvalue weighted by Gasteiger charge is 2.36. The number of pyridine rings is 1. The van der Waals surface area contributed by atoms with E-state index in [0.717, 1.165) is 0 Å². The molecule has 0 atom stereocenters. The lowest BCUT2D eigenvalue weighted by atomic mass is 10.1. The molecule has 2 aromatic rings. The number of anilines is 1. The number of nitrogens with zero attached hydrogens (tertiary/aromatic N) is 5. The average molecular weight is 384 g/mol. The first-order valence-corrected chi connectivity index (χ1v) is 8.59. The average Bonchev–Trinajstić information content (AvgIpc) is 2.44. The van der Waals surface area contributed by atoms with Crippen molar-refractivity contribution in [3.63, 3.8) is 0 Å². The topological polar surface area (TPSA) is 71.5 Å². The highest BCUT2D eigenvalue weighted by atomic mass is 35.5. The molecule has 1 aliphatic rings. The van der Waals surface area contributed by atoms with Crippen LogP contribution in [-0.2, 0) is 4.74 Å². The van der Waals surface area contributed by atoms with Gasteiger partial charge in [0.25, 0.3) is 0 Å². The Bertz CT molecular complexity index is 818. The van der Waals surface area contributed by atoms with Crippen LogP contribution in [0.15, 0.2) is 12.3 Å². The molecule has 1 fully saturated rings. The van der Waals surface area contributed by atoms with Crippen LogP contribution in [0.3, 0.4) is 0 Å². The van der Waals surface area contributed by atoms with Gasteiger partial charge in [-0.25, -0.2) is 19.7 Å². The lowest BCUT2D eigenvalue weighted by Crippen LogP contribution is -2.60. The van der Waals surface area contributed by atoms with Crippen LogP contribution in [0.4, 0.5) is 10.6 Å². The molecular weight excluding hydrogens is 365 g/mol. The Morgan fingerprint density at radius 1 is 1.32 bits per heavy atom. The number of fused-ring (bicyclic) bond motifs is 1. The minimum absolute atomic E-state index is 0.0293. The van der Waals surface area contributed by atoms with E-state index >= 15 is 0 Å². The van der Waals surface area contributed by atoms with Gasteiger partial charge in [0.15, 0.2) is 16.6 Å². The van der Waals surface area contributed by atoms with Gasteiger partial charge in [-0.1, -0.05) is 23.2 Å². The monoisotopic (exact) mass is 383 g/mol. The van der Waals surface area contributed by atoms with Crippen LogP contribution in [0, 0.1) is 0 Å². The molecule has 0 N–H and O–H groups in total. The molecule has 1 saturated heterocycles. The predicted molar refractivity (Wildman–Crippen MR) is 97.4 cm³/mol. The van der Waals surface area contributed by atoms with Gasteiger partial charge in [-0.15, -0.1) is 0 Å². The molecule has 9 heteroatoms. The summed E-state index contributed by atoms with van der Waals surface area (Å²) in [5.74, 6) is 0.554. The Morgan fingerprint density at radius 2 is 2.00 bits per heavy atom. The Morgan fingerprint density at radius 3 is 2.64 bits per heavy atom. The van der Waals surface area contributed by atoms with Crippen molar-refractivity contribution in [1.29, 1.82) is 0 Å². The molecule has 3 rings (SSSR count). The Kier molecular flexibility index (Phi) is 4.64. The Labute approximate surface area is 155 Å². The van der Waals surface area contributed by atoms with E-state index in [1.807, 2.05) is 25.7 Å². The van der Waals surface area contributed by atoms with Crippen LogP contribution in [0.25, 0.3) is 11.2 Å². The fourth-order valence-corrected chi connectivity index (χ4v) is 2.85. The third-order valence-corrected chi connectivity index (χ3v) is 4.28. The molecule has 0 aliphatic carbocycles. The molecule has 3 heterocycles. The van der Waals surface area contributed by atoms with Crippen molar-refractivity contribution in [2.75, 3.05) is 25.0 Å². The van der Waals surface area contributed by atoms with Gasteiger partial charge < -0.3 is 14.5 Å². The van der Waals surface area contributed by atoms with Gasteiger partial charge in [0.2, 0.25) is 0 Å². The quantitative estimate of drug-likeness (QED) is 0.791. The summed E-state index contributed by atoms with van der Waals surface area (Å²) in [6.07, 6.45) is 1.18. The van der Waals surface area contributed by atoms with Crippen molar-refractivity contribution in [2.45, 2.75) is 32.4 Å². The maximum absolute atomic E-state index is 12.1. The minimum Gasteiger partial charge on any atom is -0.444 e. The van der Waals surface area contributed by atoms with E-state index in [9.17, 15) is 4.79 Å². The summed E-state index contributed by atoms with van der Waals surface area (Å²) in [6.45, 7) is 6.73. The lowest BCUT2D eigenvalue weighted by molar-refractivity contribution is 0.0196. The number of aromatic nitrogens is 3. The van der Waals surface area contributed by atoms with E-state index in [2.05, 4.69) is 15.0 Å². The molecule has 1 amide bonds. The number of likely N-dealkylation sites (N-methyl/N-ethyl adjacent to an activating group) is 1. The van der Waals surface area contributed by atoms with Gasteiger partial charge in [0.1, 0.15) is 11.1 Å². The van der Waals surface area contributed by atoms with E-state index in [-0.39, 0.29) is 17.3 Å². The first-order valence-electron chi connectivity index (χ1n) is 7.83. The molecule has 0 spiro atoms. The van der Waals surface area contributed by atoms with E-state index < -0.39 is 5.60 Å². The summed E-state index contributed by atoms with van der Waals surface area (Å²) in [4.78, 5) is 28.6. The van der Waals surface area contributed by atoms with Gasteiger partial charge in [-0.2, -0.15) is 0 Å². The van der Waals surface area contributed by atoms with Gasteiger partial charge in [-0.3, -0.25) is 0 Å². The maximum Gasteiger partial charge on any atom is 0.410 e. The third-order valence-electron chi connectivity index (χ3n) is 3.82. The fourth-order valence-electron chi connectivity index (χ4n) is 2.45. The second kappa shape index (κ2) is 6.46. The number of carbonyl (C=O) groups is 1. The van der Waals surface area contributed by atoms with E-state index in [1.54, 1.807) is 18.0 Å². The zero-order valence-corrected chi connectivity index (χ0v) is 16.0. The molecule has 0 bridgehead atoms. The first-order chi connectivity index (χ1) is 11.6. The van der Waals surface area contributed by atoms with E-state index in [1.165, 1.54) is 6.20 Å². The molecule has 0 radical (unpaired) electrons. The summed E-state index contributed by atoms with van der Waals surface area (Å²) >= 11 is 12.2. The number of carbonyl (C=O) groups excluding carboxylic acids is 1. The molecule has 0 aromatic carbocycles. The molecule has 0 unspecified atom stereocenters. The van der Waals surface area contributed by atoms with Crippen molar-refractivity contribution in [3.05, 3.63) is 22.4 Å². The van der Waals surface area contributed by atoms with Crippen LogP contribution in [0.2, 0.25) is 10.2 Å². The van der Waals surface area contributed by atoms with Crippen molar-refractivity contribution in [3.8, 4) is 0 Å². The highest BCUT2D eigenvalue weighted by Crippen LogP contribution is 2.29. The molecule has 7 nitrogen and oxygen atoms in total. The molecule has 2 aromatic heterocycles. The van der Waals surface area contributed by atoms with Gasteiger partial charge in [-0.05, 0) is 26.8 Å². The minimum atomic E-state index is -0.519. The van der Waals surface area contributed by atoms with Crippen LogP contribution in [-0.4, -0.2) is 57.7 Å². The van der Waals surface area contributed by atoms with Crippen LogP contribution in [0.5, 0.6) is 0 Å². The zero-order valence-electron chi connectivity index (χ0n) is 14.5. The predicted octanol–water partition coefficient (Wildman–Crippen LogP) is 3.39. The molecule has 0 saturated carbocycles. The van der Waals surface area contributed by atoms with Crippen LogP contribution in [0.1, 0.15) is 20.8 Å². The lowest BCUT2D eigenvalue weighted by Gasteiger charge is -2.44. The maximum atomic E-state index is 12.1. The third kappa shape index (κ3) is 3.88. The smallest absolute Gasteiger partial charge is 0.410 e. The Balaban J connectivity index is 1.70. The summed E-state index contributed by atoms with van der Waals surface area (Å²) in [7, 11) is 1.73. The first kappa shape index (κ1) is 17.9. The van der Waals surface area contributed by atoms with Gasteiger partial charge in [0.05, 0.1) is 11.1 Å². The summed E-state index contributed by atoms with van der Waals surface area (Å²) in [6, 6.07) is 1.70. The molecule has 1 aliphatic heterocycles. The number of amides is 1. The zero-order chi connectivity index (χ0) is 18.4.